The van der Waals surface area contributed by atoms with E-state index >= 15 is 0 Å². The van der Waals surface area contributed by atoms with Crippen LogP contribution in [0.3, 0.4) is 0 Å². The van der Waals surface area contributed by atoms with Gasteiger partial charge in [0.1, 0.15) is 23.4 Å². The third kappa shape index (κ3) is 10.7. The van der Waals surface area contributed by atoms with Crippen LogP contribution < -0.4 is 10.6 Å². The van der Waals surface area contributed by atoms with Crippen LogP contribution in [-0.2, 0) is 20.7 Å². The van der Waals surface area contributed by atoms with E-state index in [1.54, 1.807) is 49.9 Å². The van der Waals surface area contributed by atoms with E-state index in [1.165, 1.54) is 0 Å². The second-order valence-electron chi connectivity index (χ2n) is 11.6. The maximum absolute atomic E-state index is 14.5. The van der Waals surface area contributed by atoms with Crippen LogP contribution in [0.4, 0.5) is 4.79 Å². The van der Waals surface area contributed by atoms with Gasteiger partial charge < -0.3 is 25.4 Å². The van der Waals surface area contributed by atoms with E-state index in [0.717, 1.165) is 47.9 Å². The van der Waals surface area contributed by atoms with Crippen LogP contribution in [0.2, 0.25) is 0 Å². The number of carbonyl (C=O) groups is 3. The molecule has 0 aliphatic rings. The van der Waals surface area contributed by atoms with Gasteiger partial charge in [-0.25, -0.2) is 4.79 Å². The van der Waals surface area contributed by atoms with Gasteiger partial charge in [-0.15, -0.1) is 0 Å². The van der Waals surface area contributed by atoms with Gasteiger partial charge in [0.2, 0.25) is 11.8 Å². The number of benzene rings is 2. The van der Waals surface area contributed by atoms with Gasteiger partial charge in [-0.1, -0.05) is 63.4 Å². The Morgan fingerprint density at radius 3 is 2.22 bits per heavy atom. The third-order valence-electron chi connectivity index (χ3n) is 6.98. The fourth-order valence-electron chi connectivity index (χ4n) is 4.62. The lowest BCUT2D eigenvalue weighted by Crippen LogP contribution is -2.54. The van der Waals surface area contributed by atoms with Gasteiger partial charge in [-0.2, -0.15) is 0 Å². The summed E-state index contributed by atoms with van der Waals surface area (Å²) in [5.74, 6) is -0.495. The molecule has 2 aromatic rings. The van der Waals surface area contributed by atoms with Gasteiger partial charge in [0.05, 0.1) is 0 Å². The van der Waals surface area contributed by atoms with Crippen molar-refractivity contribution in [2.24, 2.45) is 0 Å². The van der Waals surface area contributed by atoms with Gasteiger partial charge in [0.15, 0.2) is 0 Å². The zero-order chi connectivity index (χ0) is 30.6. The maximum atomic E-state index is 14.5. The van der Waals surface area contributed by atoms with Crippen LogP contribution in [0.5, 0.6) is 5.75 Å². The SMILES string of the molecule is CCCCCN(C(=O)C(Cc1ccc(O)cc1)NC(=O)OC(C)(C)C)C(C(=O)NCCCC)c1cccc(C)c1C. The van der Waals surface area contributed by atoms with E-state index in [-0.39, 0.29) is 24.0 Å². The quantitative estimate of drug-likeness (QED) is 0.238. The Morgan fingerprint density at radius 1 is 0.951 bits per heavy atom. The number of rotatable bonds is 14. The van der Waals surface area contributed by atoms with Crippen molar-refractivity contribution in [1.29, 1.82) is 0 Å². The number of hydrogen-bond donors (Lipinski definition) is 3. The number of aromatic hydroxyl groups is 1. The zero-order valence-electron chi connectivity index (χ0n) is 25.9. The Balaban J connectivity index is 2.59. The molecule has 0 saturated heterocycles. The first-order valence-electron chi connectivity index (χ1n) is 14.8. The van der Waals surface area contributed by atoms with Crippen LogP contribution in [0.15, 0.2) is 42.5 Å². The first-order chi connectivity index (χ1) is 19.4. The van der Waals surface area contributed by atoms with E-state index < -0.39 is 23.8 Å². The minimum absolute atomic E-state index is 0.108. The lowest BCUT2D eigenvalue weighted by atomic mass is 9.94. The summed E-state index contributed by atoms with van der Waals surface area (Å²) in [7, 11) is 0. The van der Waals surface area contributed by atoms with Crippen molar-refractivity contribution in [2.75, 3.05) is 13.1 Å². The summed E-state index contributed by atoms with van der Waals surface area (Å²) in [5, 5.41) is 15.6. The number of ether oxygens (including phenoxy) is 1. The predicted molar refractivity (Wildman–Crippen MR) is 163 cm³/mol. The summed E-state index contributed by atoms with van der Waals surface area (Å²) >= 11 is 0. The molecule has 3 amide bonds. The fourth-order valence-corrected chi connectivity index (χ4v) is 4.62. The minimum Gasteiger partial charge on any atom is -0.508 e. The normalized spacial score (nSPS) is 12.8. The molecule has 226 valence electrons. The van der Waals surface area contributed by atoms with E-state index in [4.69, 9.17) is 4.74 Å². The molecule has 3 N–H and O–H groups in total. The average Bonchev–Trinajstić information content (AvgIpc) is 2.90. The first-order valence-corrected chi connectivity index (χ1v) is 14.8. The van der Waals surface area contributed by atoms with Gasteiger partial charge in [-0.05, 0) is 81.8 Å². The molecule has 0 aliphatic carbocycles. The Kier molecular flexibility index (Phi) is 13.2. The van der Waals surface area contributed by atoms with Crippen LogP contribution in [0.25, 0.3) is 0 Å². The van der Waals surface area contributed by atoms with Crippen molar-refractivity contribution in [3.63, 3.8) is 0 Å². The van der Waals surface area contributed by atoms with Crippen LogP contribution in [0, 0.1) is 13.8 Å². The highest BCUT2D eigenvalue weighted by atomic mass is 16.6. The summed E-state index contributed by atoms with van der Waals surface area (Å²) in [5.41, 5.74) is 2.75. The Labute approximate surface area is 245 Å². The van der Waals surface area contributed by atoms with E-state index in [1.807, 2.05) is 32.0 Å². The van der Waals surface area contributed by atoms with Crippen molar-refractivity contribution in [3.8, 4) is 5.75 Å². The van der Waals surface area contributed by atoms with Crippen molar-refractivity contribution < 1.29 is 24.2 Å². The molecule has 2 unspecified atom stereocenters. The van der Waals surface area contributed by atoms with Crippen LogP contribution >= 0.6 is 0 Å². The van der Waals surface area contributed by atoms with Crippen molar-refractivity contribution in [2.45, 2.75) is 105 Å². The second-order valence-corrected chi connectivity index (χ2v) is 11.6. The highest BCUT2D eigenvalue weighted by molar-refractivity contribution is 5.92. The molecular formula is C33H49N3O5. The number of nitrogens with one attached hydrogen (secondary N) is 2. The monoisotopic (exact) mass is 567 g/mol. The molecule has 0 heterocycles. The summed E-state index contributed by atoms with van der Waals surface area (Å²) in [6, 6.07) is 10.5. The van der Waals surface area contributed by atoms with Crippen molar-refractivity contribution in [1.82, 2.24) is 15.5 Å². The molecule has 8 nitrogen and oxygen atoms in total. The summed E-state index contributed by atoms with van der Waals surface area (Å²) in [6.07, 6.45) is 3.78. The summed E-state index contributed by atoms with van der Waals surface area (Å²) < 4.78 is 5.51. The number of aryl methyl sites for hydroxylation is 1. The van der Waals surface area contributed by atoms with Crippen LogP contribution in [0.1, 0.15) is 95.0 Å². The zero-order valence-corrected chi connectivity index (χ0v) is 25.9. The van der Waals surface area contributed by atoms with Gasteiger partial charge in [0.25, 0.3) is 0 Å². The molecule has 41 heavy (non-hydrogen) atoms. The Hall–Kier alpha value is -3.55. The summed E-state index contributed by atoms with van der Waals surface area (Å²) in [4.78, 5) is 42.9. The number of phenolic OH excluding ortho intramolecular Hbond substituents is 1. The topological polar surface area (TPSA) is 108 Å². The molecule has 0 aromatic heterocycles. The van der Waals surface area contributed by atoms with E-state index in [2.05, 4.69) is 24.5 Å². The average molecular weight is 568 g/mol. The number of carbonyl (C=O) groups excluding carboxylic acids is 3. The van der Waals surface area contributed by atoms with Gasteiger partial charge in [-0.3, -0.25) is 9.59 Å². The first kappa shape index (κ1) is 33.7. The molecule has 2 aromatic carbocycles. The third-order valence-corrected chi connectivity index (χ3v) is 6.98. The number of amides is 3. The lowest BCUT2D eigenvalue weighted by molar-refractivity contribution is -0.142. The molecule has 2 atom stereocenters. The maximum Gasteiger partial charge on any atom is 0.408 e. The molecule has 8 heteroatoms. The minimum atomic E-state index is -0.993. The molecule has 0 bridgehead atoms. The molecular weight excluding hydrogens is 518 g/mol. The van der Waals surface area contributed by atoms with Gasteiger partial charge >= 0.3 is 6.09 Å². The fraction of sp³-hybridized carbons (Fsp3) is 0.545. The Morgan fingerprint density at radius 2 is 1.61 bits per heavy atom. The molecule has 2 rings (SSSR count). The highest BCUT2D eigenvalue weighted by Gasteiger charge is 2.37. The summed E-state index contributed by atoms with van der Waals surface area (Å²) in [6.45, 7) is 14.3. The molecule has 0 spiro atoms. The van der Waals surface area contributed by atoms with Crippen molar-refractivity contribution >= 4 is 17.9 Å². The number of alkyl carbamates (subject to hydrolysis) is 1. The molecule has 0 saturated carbocycles. The smallest absolute Gasteiger partial charge is 0.408 e. The number of phenols is 1. The number of nitrogens with zero attached hydrogens (tertiary/aromatic N) is 1. The molecule has 0 aliphatic heterocycles. The molecule has 0 radical (unpaired) electrons. The second kappa shape index (κ2) is 16.0. The standard InChI is InChI=1S/C33H49N3O5/c1-8-10-12-21-36(29(30(38)34-20-11-9-2)27-15-13-14-23(3)24(27)4)31(39)28(35-32(40)41-33(5,6)7)22-25-16-18-26(37)19-17-25/h13-19,28-29,37H,8-12,20-22H2,1-7H3,(H,34,38)(H,35,40). The van der Waals surface area contributed by atoms with Gasteiger partial charge in [0, 0.05) is 19.5 Å². The Bertz CT molecular complexity index is 1140. The van der Waals surface area contributed by atoms with E-state index in [9.17, 15) is 19.5 Å². The number of hydrogen-bond acceptors (Lipinski definition) is 5. The number of unbranched alkanes of at least 4 members (excludes halogenated alkanes) is 3. The molecule has 0 fully saturated rings. The van der Waals surface area contributed by atoms with Crippen molar-refractivity contribution in [3.05, 3.63) is 64.7 Å². The van der Waals surface area contributed by atoms with E-state index in [0.29, 0.717) is 19.5 Å². The van der Waals surface area contributed by atoms with Crippen LogP contribution in [-0.4, -0.2) is 52.6 Å². The predicted octanol–water partition coefficient (Wildman–Crippen LogP) is 6.12. The lowest BCUT2D eigenvalue weighted by Gasteiger charge is -2.35. The highest BCUT2D eigenvalue weighted by Crippen LogP contribution is 2.28. The largest absolute Gasteiger partial charge is 0.508 e.